The van der Waals surface area contributed by atoms with Gasteiger partial charge in [-0.3, -0.25) is 4.79 Å². The minimum Gasteiger partial charge on any atom is -0.327 e. The number of nitrogens with one attached hydrogen (secondary N) is 1. The third-order valence-electron chi connectivity index (χ3n) is 3.77. The zero-order chi connectivity index (χ0) is 17.6. The third-order valence-corrected chi connectivity index (χ3v) is 4.02. The average molecular weight is 352 g/mol. The second-order valence-corrected chi connectivity index (χ2v) is 5.88. The Bertz CT molecular complexity index is 833. The van der Waals surface area contributed by atoms with Gasteiger partial charge >= 0.3 is 0 Å². The summed E-state index contributed by atoms with van der Waals surface area (Å²) < 4.78 is 0. The van der Waals surface area contributed by atoms with Crippen LogP contribution < -0.4 is 10.2 Å². The predicted octanol–water partition coefficient (Wildman–Crippen LogP) is 5.15. The van der Waals surface area contributed by atoms with Gasteiger partial charge in [0.2, 0.25) is 0 Å². The molecule has 5 heteroatoms. The van der Waals surface area contributed by atoms with E-state index in [1.807, 2.05) is 42.5 Å². The molecular weight excluding hydrogens is 334 g/mol. The molecule has 0 aliphatic carbocycles. The van der Waals surface area contributed by atoms with Crippen LogP contribution in [0.5, 0.6) is 0 Å². The molecule has 0 spiro atoms. The lowest BCUT2D eigenvalue weighted by Crippen LogP contribution is -2.17. The molecule has 2 aromatic carbocycles. The molecule has 1 amide bonds. The van der Waals surface area contributed by atoms with E-state index in [0.29, 0.717) is 16.3 Å². The van der Waals surface area contributed by atoms with E-state index in [1.165, 1.54) is 0 Å². The summed E-state index contributed by atoms with van der Waals surface area (Å²) in [6.45, 7) is 2.87. The molecule has 1 aromatic heterocycles. The quantitative estimate of drug-likeness (QED) is 0.691. The average Bonchev–Trinajstić information content (AvgIpc) is 2.65. The number of aromatic nitrogens is 1. The number of benzene rings is 2. The van der Waals surface area contributed by atoms with Gasteiger partial charge in [0.05, 0.1) is 11.9 Å². The van der Waals surface area contributed by atoms with Crippen LogP contribution in [-0.4, -0.2) is 17.4 Å². The van der Waals surface area contributed by atoms with Crippen molar-refractivity contribution in [2.24, 2.45) is 0 Å². The van der Waals surface area contributed by atoms with Crippen LogP contribution in [-0.2, 0) is 0 Å². The predicted molar refractivity (Wildman–Crippen MR) is 103 cm³/mol. The SMILES string of the molecule is CCN(c1ccccc1)c1ccc(NC(=O)c2ccc(Cl)cc2)cn1. The summed E-state index contributed by atoms with van der Waals surface area (Å²) in [5, 5.41) is 3.44. The summed E-state index contributed by atoms with van der Waals surface area (Å²) in [6, 6.07) is 20.6. The Morgan fingerprint density at radius 1 is 1.04 bits per heavy atom. The number of para-hydroxylation sites is 1. The molecule has 0 aliphatic rings. The van der Waals surface area contributed by atoms with Crippen molar-refractivity contribution < 1.29 is 4.79 Å². The molecule has 0 unspecified atom stereocenters. The van der Waals surface area contributed by atoms with Crippen LogP contribution in [0.4, 0.5) is 17.2 Å². The Morgan fingerprint density at radius 3 is 2.36 bits per heavy atom. The van der Waals surface area contributed by atoms with Crippen LogP contribution in [0.2, 0.25) is 5.02 Å². The van der Waals surface area contributed by atoms with Crippen molar-refractivity contribution in [2.75, 3.05) is 16.8 Å². The Kier molecular flexibility index (Phi) is 5.31. The summed E-state index contributed by atoms with van der Waals surface area (Å²) in [6.07, 6.45) is 1.66. The second kappa shape index (κ2) is 7.81. The standard InChI is InChI=1S/C20H18ClN3O/c1-2-24(18-6-4-3-5-7-18)19-13-12-17(14-22-19)23-20(25)15-8-10-16(21)11-9-15/h3-14H,2H2,1H3,(H,23,25). The maximum atomic E-state index is 12.2. The topological polar surface area (TPSA) is 45.2 Å². The van der Waals surface area contributed by atoms with Gasteiger partial charge < -0.3 is 10.2 Å². The lowest BCUT2D eigenvalue weighted by atomic mass is 10.2. The number of hydrogen-bond acceptors (Lipinski definition) is 3. The Labute approximate surface area is 152 Å². The van der Waals surface area contributed by atoms with E-state index in [4.69, 9.17) is 11.6 Å². The molecule has 25 heavy (non-hydrogen) atoms. The lowest BCUT2D eigenvalue weighted by molar-refractivity contribution is 0.102. The molecule has 126 valence electrons. The van der Waals surface area contributed by atoms with Gasteiger partial charge in [-0.25, -0.2) is 4.98 Å². The van der Waals surface area contributed by atoms with E-state index >= 15 is 0 Å². The van der Waals surface area contributed by atoms with Gasteiger partial charge in [-0.2, -0.15) is 0 Å². The van der Waals surface area contributed by atoms with Crippen LogP contribution in [0.1, 0.15) is 17.3 Å². The van der Waals surface area contributed by atoms with Gasteiger partial charge in [0.25, 0.3) is 5.91 Å². The van der Waals surface area contributed by atoms with Gasteiger partial charge in [0.1, 0.15) is 5.82 Å². The molecule has 0 atom stereocenters. The number of rotatable bonds is 5. The first-order valence-electron chi connectivity index (χ1n) is 8.03. The molecule has 1 heterocycles. The molecule has 0 saturated carbocycles. The van der Waals surface area contributed by atoms with Crippen molar-refractivity contribution in [2.45, 2.75) is 6.92 Å². The summed E-state index contributed by atoms with van der Waals surface area (Å²) >= 11 is 5.84. The largest absolute Gasteiger partial charge is 0.327 e. The van der Waals surface area contributed by atoms with E-state index in [9.17, 15) is 4.79 Å². The molecular formula is C20H18ClN3O. The number of pyridine rings is 1. The number of hydrogen-bond donors (Lipinski definition) is 1. The highest BCUT2D eigenvalue weighted by atomic mass is 35.5. The van der Waals surface area contributed by atoms with Gasteiger partial charge in [-0.15, -0.1) is 0 Å². The zero-order valence-corrected chi connectivity index (χ0v) is 14.6. The van der Waals surface area contributed by atoms with Gasteiger partial charge in [-0.05, 0) is 55.5 Å². The fourth-order valence-electron chi connectivity index (χ4n) is 2.51. The Morgan fingerprint density at radius 2 is 1.76 bits per heavy atom. The van der Waals surface area contributed by atoms with Crippen molar-refractivity contribution in [3.05, 3.63) is 83.5 Å². The van der Waals surface area contributed by atoms with E-state index < -0.39 is 0 Å². The molecule has 4 nitrogen and oxygen atoms in total. The number of anilines is 3. The molecule has 3 aromatic rings. The molecule has 0 bridgehead atoms. The van der Waals surface area contributed by atoms with Crippen molar-refractivity contribution in [1.82, 2.24) is 4.98 Å². The van der Waals surface area contributed by atoms with Gasteiger partial charge in [0.15, 0.2) is 0 Å². The first-order chi connectivity index (χ1) is 12.2. The number of amides is 1. The first-order valence-corrected chi connectivity index (χ1v) is 8.40. The van der Waals surface area contributed by atoms with Crippen LogP contribution in [0.15, 0.2) is 72.9 Å². The smallest absolute Gasteiger partial charge is 0.255 e. The second-order valence-electron chi connectivity index (χ2n) is 5.45. The van der Waals surface area contributed by atoms with Crippen LogP contribution in [0.3, 0.4) is 0 Å². The molecule has 0 saturated heterocycles. The van der Waals surface area contributed by atoms with Gasteiger partial charge in [-0.1, -0.05) is 29.8 Å². The molecule has 3 rings (SSSR count). The number of halogens is 1. The number of carbonyl (C=O) groups excluding carboxylic acids is 1. The molecule has 1 N–H and O–H groups in total. The Balaban J connectivity index is 1.73. The maximum Gasteiger partial charge on any atom is 0.255 e. The summed E-state index contributed by atoms with van der Waals surface area (Å²) in [7, 11) is 0. The van der Waals surface area contributed by atoms with E-state index in [0.717, 1.165) is 18.1 Å². The van der Waals surface area contributed by atoms with E-state index in [2.05, 4.69) is 22.1 Å². The first kappa shape index (κ1) is 17.0. The van der Waals surface area contributed by atoms with Gasteiger partial charge in [0, 0.05) is 22.8 Å². The lowest BCUT2D eigenvalue weighted by Gasteiger charge is -2.22. The van der Waals surface area contributed by atoms with Crippen LogP contribution >= 0.6 is 11.6 Å². The number of carbonyl (C=O) groups is 1. The van der Waals surface area contributed by atoms with Crippen molar-refractivity contribution >= 4 is 34.7 Å². The highest BCUT2D eigenvalue weighted by molar-refractivity contribution is 6.30. The maximum absolute atomic E-state index is 12.2. The van der Waals surface area contributed by atoms with E-state index in [1.54, 1.807) is 30.5 Å². The fourth-order valence-corrected chi connectivity index (χ4v) is 2.63. The number of nitrogens with zero attached hydrogens (tertiary/aromatic N) is 2. The highest BCUT2D eigenvalue weighted by Crippen LogP contribution is 2.23. The van der Waals surface area contributed by atoms with Crippen molar-refractivity contribution in [1.29, 1.82) is 0 Å². The van der Waals surface area contributed by atoms with Crippen molar-refractivity contribution in [3.8, 4) is 0 Å². The fraction of sp³-hybridized carbons (Fsp3) is 0.100. The zero-order valence-electron chi connectivity index (χ0n) is 13.8. The van der Waals surface area contributed by atoms with E-state index in [-0.39, 0.29) is 5.91 Å². The van der Waals surface area contributed by atoms with Crippen LogP contribution in [0, 0.1) is 0 Å². The Hall–Kier alpha value is -2.85. The normalized spacial score (nSPS) is 10.3. The van der Waals surface area contributed by atoms with Crippen LogP contribution in [0.25, 0.3) is 0 Å². The third kappa shape index (κ3) is 4.17. The monoisotopic (exact) mass is 351 g/mol. The highest BCUT2D eigenvalue weighted by Gasteiger charge is 2.10. The van der Waals surface area contributed by atoms with Crippen molar-refractivity contribution in [3.63, 3.8) is 0 Å². The summed E-state index contributed by atoms with van der Waals surface area (Å²) in [5.41, 5.74) is 2.27. The summed E-state index contributed by atoms with van der Waals surface area (Å²) in [5.74, 6) is 0.639. The minimum atomic E-state index is -0.193. The minimum absolute atomic E-state index is 0.193. The summed E-state index contributed by atoms with van der Waals surface area (Å²) in [4.78, 5) is 18.8. The molecule has 0 radical (unpaired) electrons. The molecule has 0 fully saturated rings. The molecule has 0 aliphatic heterocycles.